The van der Waals surface area contributed by atoms with Crippen LogP contribution in [-0.4, -0.2) is 22.1 Å². The molecule has 0 amide bonds. The van der Waals surface area contributed by atoms with Crippen LogP contribution >= 0.6 is 0 Å². The van der Waals surface area contributed by atoms with Crippen molar-refractivity contribution in [1.82, 2.24) is 15.0 Å². The molecule has 0 saturated carbocycles. The molecule has 9 heteroatoms. The van der Waals surface area contributed by atoms with Gasteiger partial charge in [-0.1, -0.05) is 12.1 Å². The number of halogens is 2. The number of ether oxygens (including phenoxy) is 2. The summed E-state index contributed by atoms with van der Waals surface area (Å²) in [6.07, 6.45) is 4.69. The first-order valence-corrected chi connectivity index (χ1v) is 11.9. The van der Waals surface area contributed by atoms with Crippen LogP contribution in [0.2, 0.25) is 0 Å². The fourth-order valence-corrected chi connectivity index (χ4v) is 4.33. The summed E-state index contributed by atoms with van der Waals surface area (Å²) in [5.74, 6) is 0.356. The molecule has 0 saturated heterocycles. The molecule has 0 aliphatic rings. The highest BCUT2D eigenvalue weighted by molar-refractivity contribution is 5.93. The lowest BCUT2D eigenvalue weighted by Crippen LogP contribution is -2.10. The van der Waals surface area contributed by atoms with E-state index in [0.717, 1.165) is 0 Å². The van der Waals surface area contributed by atoms with Crippen molar-refractivity contribution in [3.05, 3.63) is 113 Å². The number of aromatic nitrogens is 3. The lowest BCUT2D eigenvalue weighted by molar-refractivity contribution is 0.415. The first-order chi connectivity index (χ1) is 19.0. The summed E-state index contributed by atoms with van der Waals surface area (Å²) in [6, 6.07) is 18.7. The Morgan fingerprint density at radius 1 is 0.872 bits per heavy atom. The maximum absolute atomic E-state index is 15.1. The molecule has 192 valence electrons. The standard InChI is InChI=1S/C30H20F2N4O3/c1-38-20-7-8-21-25(15-20)33-13-11-26(21)39-27-9-6-19(14-23(27)32)36-30-28-24(10-12-34-30)35-16-22(29(28)37)17-2-4-18(31)5-3-17/h2-16H,1H3,(H,34,36)(H,35,37). The SMILES string of the molecule is COc1ccc2c(Oc3ccc(Nc4nccc5[nH]cc(-c6ccc(F)cc6)c(=O)c45)cc3F)ccnc2c1. The molecular formula is C30H20F2N4O3. The van der Waals surface area contributed by atoms with Crippen molar-refractivity contribution in [3.63, 3.8) is 0 Å². The number of hydrogen-bond donors (Lipinski definition) is 2. The normalized spacial score (nSPS) is 11.1. The van der Waals surface area contributed by atoms with Crippen molar-refractivity contribution in [3.8, 4) is 28.4 Å². The van der Waals surface area contributed by atoms with E-state index in [2.05, 4.69) is 20.3 Å². The molecule has 6 rings (SSSR count). The smallest absolute Gasteiger partial charge is 0.200 e. The van der Waals surface area contributed by atoms with E-state index in [9.17, 15) is 9.18 Å². The van der Waals surface area contributed by atoms with Crippen LogP contribution in [0.5, 0.6) is 17.2 Å². The molecule has 3 aromatic carbocycles. The number of methoxy groups -OCH3 is 1. The average Bonchev–Trinajstić information content (AvgIpc) is 2.95. The molecule has 0 bridgehead atoms. The number of pyridine rings is 3. The summed E-state index contributed by atoms with van der Waals surface area (Å²) in [5, 5.41) is 4.03. The summed E-state index contributed by atoms with van der Waals surface area (Å²) in [7, 11) is 1.57. The Balaban J connectivity index is 1.32. The minimum absolute atomic E-state index is 0.0196. The zero-order valence-corrected chi connectivity index (χ0v) is 20.5. The zero-order valence-electron chi connectivity index (χ0n) is 20.5. The number of benzene rings is 3. The number of rotatable bonds is 6. The van der Waals surface area contributed by atoms with Gasteiger partial charge in [0, 0.05) is 47.4 Å². The minimum Gasteiger partial charge on any atom is -0.497 e. The predicted octanol–water partition coefficient (Wildman–Crippen LogP) is 6.96. The van der Waals surface area contributed by atoms with E-state index in [1.54, 1.807) is 55.9 Å². The Bertz CT molecular complexity index is 1910. The molecule has 0 radical (unpaired) electrons. The molecule has 0 fully saturated rings. The van der Waals surface area contributed by atoms with E-state index >= 15 is 4.39 Å². The summed E-state index contributed by atoms with van der Waals surface area (Å²) in [6.45, 7) is 0. The fourth-order valence-electron chi connectivity index (χ4n) is 4.33. The van der Waals surface area contributed by atoms with Crippen LogP contribution in [0.15, 0.2) is 96.2 Å². The number of hydrogen-bond acceptors (Lipinski definition) is 6. The van der Waals surface area contributed by atoms with Crippen LogP contribution in [0.25, 0.3) is 32.9 Å². The van der Waals surface area contributed by atoms with E-state index in [1.165, 1.54) is 42.6 Å². The van der Waals surface area contributed by atoms with Gasteiger partial charge in [0.2, 0.25) is 5.43 Å². The summed E-state index contributed by atoms with van der Waals surface area (Å²) in [5.41, 5.74) is 2.19. The highest BCUT2D eigenvalue weighted by atomic mass is 19.1. The lowest BCUT2D eigenvalue weighted by atomic mass is 10.0. The van der Waals surface area contributed by atoms with Gasteiger partial charge in [0.05, 0.1) is 23.5 Å². The molecule has 2 N–H and O–H groups in total. The van der Waals surface area contributed by atoms with Crippen molar-refractivity contribution in [2.24, 2.45) is 0 Å². The van der Waals surface area contributed by atoms with Gasteiger partial charge in [-0.3, -0.25) is 9.78 Å². The molecule has 6 aromatic rings. The summed E-state index contributed by atoms with van der Waals surface area (Å²) < 4.78 is 39.7. The Hall–Kier alpha value is -5.31. The molecule has 3 aromatic heterocycles. The topological polar surface area (TPSA) is 89.1 Å². The molecule has 0 unspecified atom stereocenters. The van der Waals surface area contributed by atoms with Gasteiger partial charge in [-0.15, -0.1) is 0 Å². The number of nitrogens with one attached hydrogen (secondary N) is 2. The van der Waals surface area contributed by atoms with E-state index in [4.69, 9.17) is 9.47 Å². The number of aromatic amines is 1. The van der Waals surface area contributed by atoms with Crippen LogP contribution in [0.3, 0.4) is 0 Å². The van der Waals surface area contributed by atoms with E-state index in [0.29, 0.717) is 50.1 Å². The first kappa shape index (κ1) is 24.1. The van der Waals surface area contributed by atoms with Crippen LogP contribution in [0.4, 0.5) is 20.3 Å². The molecule has 0 aliphatic heterocycles. The van der Waals surface area contributed by atoms with Gasteiger partial charge in [-0.05, 0) is 54.1 Å². The third kappa shape index (κ3) is 4.61. The number of fused-ring (bicyclic) bond motifs is 2. The highest BCUT2D eigenvalue weighted by Crippen LogP contribution is 2.33. The first-order valence-electron chi connectivity index (χ1n) is 11.9. The van der Waals surface area contributed by atoms with Crippen molar-refractivity contribution in [2.45, 2.75) is 0 Å². The Kier molecular flexibility index (Phi) is 6.08. The Morgan fingerprint density at radius 3 is 2.49 bits per heavy atom. The molecule has 0 spiro atoms. The number of H-pyrrole nitrogens is 1. The van der Waals surface area contributed by atoms with Gasteiger partial charge in [0.15, 0.2) is 11.6 Å². The quantitative estimate of drug-likeness (QED) is 0.246. The number of anilines is 2. The summed E-state index contributed by atoms with van der Waals surface area (Å²) in [4.78, 5) is 25.1. The van der Waals surface area contributed by atoms with E-state index < -0.39 is 11.6 Å². The molecular weight excluding hydrogens is 502 g/mol. The second kappa shape index (κ2) is 9.86. The zero-order chi connectivity index (χ0) is 26.9. The molecule has 0 atom stereocenters. The Morgan fingerprint density at radius 2 is 1.69 bits per heavy atom. The Labute approximate surface area is 220 Å². The summed E-state index contributed by atoms with van der Waals surface area (Å²) >= 11 is 0. The minimum atomic E-state index is -0.611. The highest BCUT2D eigenvalue weighted by Gasteiger charge is 2.14. The van der Waals surface area contributed by atoms with Gasteiger partial charge >= 0.3 is 0 Å². The third-order valence-electron chi connectivity index (χ3n) is 6.27. The molecule has 7 nitrogen and oxygen atoms in total. The van der Waals surface area contributed by atoms with Gasteiger partial charge in [-0.25, -0.2) is 13.8 Å². The van der Waals surface area contributed by atoms with Gasteiger partial charge in [0.1, 0.15) is 23.1 Å². The molecule has 0 aliphatic carbocycles. The maximum Gasteiger partial charge on any atom is 0.200 e. The van der Waals surface area contributed by atoms with Gasteiger partial charge < -0.3 is 19.8 Å². The van der Waals surface area contributed by atoms with Gasteiger partial charge in [0.25, 0.3) is 0 Å². The lowest BCUT2D eigenvalue weighted by Gasteiger charge is -2.13. The van der Waals surface area contributed by atoms with Crippen molar-refractivity contribution >= 4 is 33.3 Å². The van der Waals surface area contributed by atoms with Gasteiger partial charge in [-0.2, -0.15) is 0 Å². The largest absolute Gasteiger partial charge is 0.497 e. The second-order valence-corrected chi connectivity index (χ2v) is 8.68. The fraction of sp³-hybridized carbons (Fsp3) is 0.0333. The monoisotopic (exact) mass is 522 g/mol. The van der Waals surface area contributed by atoms with Crippen LogP contribution in [0, 0.1) is 11.6 Å². The predicted molar refractivity (Wildman–Crippen MR) is 146 cm³/mol. The van der Waals surface area contributed by atoms with Crippen molar-refractivity contribution in [1.29, 1.82) is 0 Å². The third-order valence-corrected chi connectivity index (χ3v) is 6.27. The van der Waals surface area contributed by atoms with Crippen LogP contribution in [0.1, 0.15) is 0 Å². The van der Waals surface area contributed by atoms with Crippen molar-refractivity contribution < 1.29 is 18.3 Å². The van der Waals surface area contributed by atoms with E-state index in [1.807, 2.05) is 0 Å². The van der Waals surface area contributed by atoms with Crippen LogP contribution < -0.4 is 20.2 Å². The number of nitrogens with zero attached hydrogens (tertiary/aromatic N) is 2. The second-order valence-electron chi connectivity index (χ2n) is 8.68. The van der Waals surface area contributed by atoms with Crippen LogP contribution in [-0.2, 0) is 0 Å². The average molecular weight is 523 g/mol. The maximum atomic E-state index is 15.1. The molecule has 3 heterocycles. The van der Waals surface area contributed by atoms with E-state index in [-0.39, 0.29) is 17.0 Å². The van der Waals surface area contributed by atoms with Crippen molar-refractivity contribution in [2.75, 3.05) is 12.4 Å². The molecule has 39 heavy (non-hydrogen) atoms.